The molecule has 2 saturated carbocycles. The number of fused-ring (bicyclic) bond motifs is 1. The highest BCUT2D eigenvalue weighted by atomic mass is 28.4. The predicted molar refractivity (Wildman–Crippen MR) is 113 cm³/mol. The van der Waals surface area contributed by atoms with E-state index in [1.807, 2.05) is 0 Å². The van der Waals surface area contributed by atoms with E-state index in [2.05, 4.69) is 81.4 Å². The second-order valence-corrected chi connectivity index (χ2v) is 13.5. The van der Waals surface area contributed by atoms with Crippen molar-refractivity contribution in [3.05, 3.63) is 60.7 Å². The van der Waals surface area contributed by atoms with Crippen LogP contribution in [-0.4, -0.2) is 20.2 Å². The van der Waals surface area contributed by atoms with Gasteiger partial charge in [-0.2, -0.15) is 0 Å². The molecule has 0 bridgehead atoms. The van der Waals surface area contributed by atoms with Crippen LogP contribution in [0.15, 0.2) is 60.7 Å². The van der Waals surface area contributed by atoms with Crippen molar-refractivity contribution < 1.29 is 9.22 Å². The summed E-state index contributed by atoms with van der Waals surface area (Å²) in [6.45, 7) is 7.00. The third kappa shape index (κ3) is 3.21. The van der Waals surface area contributed by atoms with Crippen LogP contribution in [0.2, 0.25) is 5.04 Å². The van der Waals surface area contributed by atoms with Crippen LogP contribution in [0, 0.1) is 11.8 Å². The molecule has 27 heavy (non-hydrogen) atoms. The molecule has 2 aromatic carbocycles. The van der Waals surface area contributed by atoms with Gasteiger partial charge in [0, 0.05) is 18.9 Å². The first kappa shape index (κ1) is 18.6. The summed E-state index contributed by atoms with van der Waals surface area (Å²) in [4.78, 5) is 11.8. The van der Waals surface area contributed by atoms with Gasteiger partial charge in [-0.1, -0.05) is 81.4 Å². The van der Waals surface area contributed by atoms with Crippen LogP contribution in [0.25, 0.3) is 0 Å². The number of Topliss-reactive ketones (excluding diaryl/α,β-unsaturated/α-hetero) is 1. The normalized spacial score (nSPS) is 25.6. The maximum absolute atomic E-state index is 11.8. The van der Waals surface area contributed by atoms with Crippen molar-refractivity contribution in [3.63, 3.8) is 0 Å². The Morgan fingerprint density at radius 3 is 1.96 bits per heavy atom. The Kier molecular flexibility index (Phi) is 4.85. The van der Waals surface area contributed by atoms with Crippen LogP contribution >= 0.6 is 0 Å². The first-order chi connectivity index (χ1) is 12.9. The van der Waals surface area contributed by atoms with Gasteiger partial charge >= 0.3 is 0 Å². The SMILES string of the molecule is CC(C)(C)[Si](O[C@@H]1C[C@@H]2CC(=O)CC[C@@H]21)(c1ccccc1)c1ccccc1. The minimum atomic E-state index is -2.46. The van der Waals surface area contributed by atoms with E-state index in [4.69, 9.17) is 4.43 Å². The molecule has 0 heterocycles. The van der Waals surface area contributed by atoms with Crippen molar-refractivity contribution >= 4 is 24.5 Å². The maximum Gasteiger partial charge on any atom is 0.261 e. The molecule has 0 radical (unpaired) electrons. The quantitative estimate of drug-likeness (QED) is 0.741. The van der Waals surface area contributed by atoms with Crippen molar-refractivity contribution in [1.82, 2.24) is 0 Å². The van der Waals surface area contributed by atoms with Gasteiger partial charge in [0.2, 0.25) is 0 Å². The third-order valence-corrected chi connectivity index (χ3v) is 11.7. The van der Waals surface area contributed by atoms with Crippen molar-refractivity contribution in [2.24, 2.45) is 11.8 Å². The van der Waals surface area contributed by atoms with E-state index in [9.17, 15) is 4.79 Å². The minimum Gasteiger partial charge on any atom is -0.404 e. The lowest BCUT2D eigenvalue weighted by atomic mass is 9.63. The number of ketones is 1. The summed E-state index contributed by atoms with van der Waals surface area (Å²) in [5.41, 5.74) is 0. The number of hydrogen-bond donors (Lipinski definition) is 0. The number of benzene rings is 2. The summed E-state index contributed by atoms with van der Waals surface area (Å²) in [6.07, 6.45) is 3.84. The highest BCUT2D eigenvalue weighted by molar-refractivity contribution is 6.99. The Hall–Kier alpha value is -1.71. The molecule has 2 fully saturated rings. The van der Waals surface area contributed by atoms with Gasteiger partial charge in [0.15, 0.2) is 0 Å². The summed E-state index contributed by atoms with van der Waals surface area (Å²) >= 11 is 0. The Bertz CT molecular complexity index is 755. The fraction of sp³-hybridized carbons (Fsp3) is 0.458. The summed E-state index contributed by atoms with van der Waals surface area (Å²) in [7, 11) is -2.46. The summed E-state index contributed by atoms with van der Waals surface area (Å²) < 4.78 is 7.24. The van der Waals surface area contributed by atoms with E-state index in [1.165, 1.54) is 10.4 Å². The highest BCUT2D eigenvalue weighted by Crippen LogP contribution is 2.49. The lowest BCUT2D eigenvalue weighted by Gasteiger charge is -2.53. The third-order valence-electron chi connectivity index (χ3n) is 6.61. The number of hydrogen-bond acceptors (Lipinski definition) is 2. The Balaban J connectivity index is 1.76. The molecule has 3 heteroatoms. The van der Waals surface area contributed by atoms with E-state index in [0.29, 0.717) is 17.6 Å². The Morgan fingerprint density at radius 2 is 1.48 bits per heavy atom. The molecule has 4 rings (SSSR count). The van der Waals surface area contributed by atoms with Crippen LogP contribution in [0.1, 0.15) is 46.5 Å². The molecule has 3 atom stereocenters. The molecule has 0 unspecified atom stereocenters. The van der Waals surface area contributed by atoms with Crippen molar-refractivity contribution in [2.45, 2.75) is 57.6 Å². The van der Waals surface area contributed by atoms with Crippen molar-refractivity contribution in [3.8, 4) is 0 Å². The van der Waals surface area contributed by atoms with E-state index < -0.39 is 8.32 Å². The molecule has 0 saturated heterocycles. The molecule has 2 nitrogen and oxygen atoms in total. The van der Waals surface area contributed by atoms with Gasteiger partial charge in [-0.3, -0.25) is 4.79 Å². The molecule has 142 valence electrons. The van der Waals surface area contributed by atoms with E-state index >= 15 is 0 Å². The average molecular weight is 379 g/mol. The van der Waals surface area contributed by atoms with Crippen LogP contribution in [0.5, 0.6) is 0 Å². The van der Waals surface area contributed by atoms with Crippen molar-refractivity contribution in [2.75, 3.05) is 0 Å². The first-order valence-corrected chi connectivity index (χ1v) is 12.1. The Morgan fingerprint density at radius 1 is 0.926 bits per heavy atom. The fourth-order valence-corrected chi connectivity index (χ4v) is 9.93. The van der Waals surface area contributed by atoms with Gasteiger partial charge in [-0.05, 0) is 40.1 Å². The van der Waals surface area contributed by atoms with E-state index in [0.717, 1.165) is 25.7 Å². The smallest absolute Gasteiger partial charge is 0.261 e. The fourth-order valence-electron chi connectivity index (χ4n) is 5.19. The Labute approximate surface area is 164 Å². The van der Waals surface area contributed by atoms with Gasteiger partial charge in [0.1, 0.15) is 5.78 Å². The van der Waals surface area contributed by atoms with Crippen molar-refractivity contribution in [1.29, 1.82) is 0 Å². The molecule has 0 aromatic heterocycles. The zero-order valence-electron chi connectivity index (χ0n) is 16.7. The predicted octanol–water partition coefficient (Wildman–Crippen LogP) is 4.32. The molecule has 2 aromatic rings. The van der Waals surface area contributed by atoms with Crippen LogP contribution < -0.4 is 10.4 Å². The largest absolute Gasteiger partial charge is 0.404 e. The van der Waals surface area contributed by atoms with Crippen LogP contribution in [0.4, 0.5) is 0 Å². The van der Waals surface area contributed by atoms with Gasteiger partial charge in [-0.25, -0.2) is 0 Å². The monoisotopic (exact) mass is 378 g/mol. The lowest BCUT2D eigenvalue weighted by molar-refractivity contribution is -0.129. The van der Waals surface area contributed by atoms with E-state index in [1.54, 1.807) is 0 Å². The molecule has 0 aliphatic heterocycles. The molecule has 2 aliphatic rings. The van der Waals surface area contributed by atoms with Gasteiger partial charge in [0.25, 0.3) is 8.32 Å². The van der Waals surface area contributed by atoms with E-state index in [-0.39, 0.29) is 11.1 Å². The zero-order valence-corrected chi connectivity index (χ0v) is 17.7. The molecule has 0 N–H and O–H groups in total. The zero-order chi connectivity index (χ0) is 19.1. The molecular formula is C24H30O2Si. The first-order valence-electron chi connectivity index (χ1n) is 10.2. The van der Waals surface area contributed by atoms with Crippen LogP contribution in [0.3, 0.4) is 0 Å². The second-order valence-electron chi connectivity index (χ2n) is 9.26. The number of carbonyl (C=O) groups excluding carboxylic acids is 1. The van der Waals surface area contributed by atoms with Gasteiger partial charge in [0.05, 0.1) is 0 Å². The number of carbonyl (C=O) groups is 1. The summed E-state index contributed by atoms with van der Waals surface area (Å²) in [5.74, 6) is 1.55. The lowest BCUT2D eigenvalue weighted by Crippen LogP contribution is -2.69. The molecular weight excluding hydrogens is 348 g/mol. The second kappa shape index (κ2) is 7.03. The van der Waals surface area contributed by atoms with Gasteiger partial charge < -0.3 is 4.43 Å². The molecule has 0 amide bonds. The molecule has 2 aliphatic carbocycles. The number of rotatable bonds is 4. The van der Waals surface area contributed by atoms with Crippen LogP contribution in [-0.2, 0) is 9.22 Å². The maximum atomic E-state index is 11.8. The minimum absolute atomic E-state index is 0.0191. The topological polar surface area (TPSA) is 26.3 Å². The summed E-state index contributed by atoms with van der Waals surface area (Å²) in [5, 5.41) is 2.71. The average Bonchev–Trinajstić information content (AvgIpc) is 2.64. The van der Waals surface area contributed by atoms with Gasteiger partial charge in [-0.15, -0.1) is 0 Å². The molecule has 0 spiro atoms. The standard InChI is InChI=1S/C24H30O2Si/c1-24(2,3)27(20-10-6-4-7-11-20,21-12-8-5-9-13-21)26-23-17-18-16-19(25)14-15-22(18)23/h4-13,18,22-23H,14-17H2,1-3H3/t18-,22-,23+/m0/s1. The summed E-state index contributed by atoms with van der Waals surface area (Å²) in [6, 6.07) is 21.7. The highest BCUT2D eigenvalue weighted by Gasteiger charge is 2.55.